The Balaban J connectivity index is 2.02. The van der Waals surface area contributed by atoms with E-state index in [4.69, 9.17) is 0 Å². The molecule has 10 heteroatoms. The Hall–Kier alpha value is -2.69. The minimum atomic E-state index is -4.09. The van der Waals surface area contributed by atoms with Gasteiger partial charge in [0, 0.05) is 21.5 Å². The Kier molecular flexibility index (Phi) is 10.1. The first-order chi connectivity index (χ1) is 17.9. The summed E-state index contributed by atoms with van der Waals surface area (Å²) in [6.45, 7) is 6.86. The molecule has 1 N–H and O–H groups in total. The molecule has 0 saturated heterocycles. The highest BCUT2D eigenvalue weighted by Gasteiger charge is 2.32. The van der Waals surface area contributed by atoms with E-state index in [-0.39, 0.29) is 23.4 Å². The van der Waals surface area contributed by atoms with Gasteiger partial charge < -0.3 is 10.2 Å². The summed E-state index contributed by atoms with van der Waals surface area (Å²) in [5.41, 5.74) is 2.06. The second kappa shape index (κ2) is 12.9. The van der Waals surface area contributed by atoms with Crippen LogP contribution in [0.2, 0.25) is 0 Å². The summed E-state index contributed by atoms with van der Waals surface area (Å²) in [5.74, 6) is -0.819. The highest BCUT2D eigenvalue weighted by molar-refractivity contribution is 9.10. The van der Waals surface area contributed by atoms with Crippen LogP contribution in [-0.4, -0.2) is 43.8 Å². The van der Waals surface area contributed by atoms with Gasteiger partial charge in [0.2, 0.25) is 11.8 Å². The molecule has 3 aromatic carbocycles. The molecule has 0 aliphatic carbocycles. The predicted molar refractivity (Wildman–Crippen MR) is 157 cm³/mol. The molecule has 0 heterocycles. The van der Waals surface area contributed by atoms with Crippen molar-refractivity contribution in [2.75, 3.05) is 10.8 Å². The summed E-state index contributed by atoms with van der Waals surface area (Å²) in [4.78, 5) is 28.3. The minimum Gasteiger partial charge on any atom is -0.352 e. The number of benzene rings is 3. The first-order valence-electron chi connectivity index (χ1n) is 12.1. The topological polar surface area (TPSA) is 86.8 Å². The lowest BCUT2D eigenvalue weighted by molar-refractivity contribution is -0.139. The molecule has 0 aliphatic rings. The molecule has 0 fully saturated rings. The molecule has 0 aromatic heterocycles. The molecule has 3 rings (SSSR count). The molecule has 2 amide bonds. The van der Waals surface area contributed by atoms with Crippen molar-refractivity contribution in [2.45, 2.75) is 51.2 Å². The van der Waals surface area contributed by atoms with Gasteiger partial charge in [-0.2, -0.15) is 0 Å². The van der Waals surface area contributed by atoms with Crippen LogP contribution in [0.25, 0.3) is 0 Å². The fraction of sp³-hybridized carbons (Fsp3) is 0.286. The van der Waals surface area contributed by atoms with Gasteiger partial charge in [-0.15, -0.1) is 0 Å². The monoisotopic (exact) mass is 663 g/mol. The Morgan fingerprint density at radius 2 is 1.37 bits per heavy atom. The summed E-state index contributed by atoms with van der Waals surface area (Å²) in [6.07, 6.45) is 0. The molecule has 0 aliphatic heterocycles. The van der Waals surface area contributed by atoms with E-state index in [1.165, 1.54) is 17.0 Å². The van der Waals surface area contributed by atoms with Crippen LogP contribution in [-0.2, 0) is 26.2 Å². The Bertz CT molecular complexity index is 1360. The molecule has 3 aromatic rings. The average Bonchev–Trinajstić information content (AvgIpc) is 2.87. The van der Waals surface area contributed by atoms with Crippen LogP contribution in [0.3, 0.4) is 0 Å². The van der Waals surface area contributed by atoms with E-state index >= 15 is 0 Å². The van der Waals surface area contributed by atoms with E-state index in [1.807, 2.05) is 45.0 Å². The number of nitrogens with zero attached hydrogens (tertiary/aromatic N) is 2. The first kappa shape index (κ1) is 29.9. The van der Waals surface area contributed by atoms with E-state index in [9.17, 15) is 18.0 Å². The van der Waals surface area contributed by atoms with Crippen molar-refractivity contribution < 1.29 is 18.0 Å². The van der Waals surface area contributed by atoms with Gasteiger partial charge in [0.05, 0.1) is 10.6 Å². The van der Waals surface area contributed by atoms with Crippen LogP contribution in [0.1, 0.15) is 31.9 Å². The molecule has 0 bridgehead atoms. The highest BCUT2D eigenvalue weighted by atomic mass is 79.9. The summed E-state index contributed by atoms with van der Waals surface area (Å²) in [6, 6.07) is 19.7. The number of anilines is 1. The van der Waals surface area contributed by atoms with Gasteiger partial charge in [0.25, 0.3) is 10.0 Å². The molecule has 38 heavy (non-hydrogen) atoms. The second-order valence-corrected chi connectivity index (χ2v) is 13.0. The molecule has 0 spiro atoms. The average molecular weight is 665 g/mol. The number of halogens is 2. The van der Waals surface area contributed by atoms with Gasteiger partial charge in [0.1, 0.15) is 12.6 Å². The van der Waals surface area contributed by atoms with E-state index in [2.05, 4.69) is 37.2 Å². The molecular formula is C28H31Br2N3O4S. The maximum absolute atomic E-state index is 13.9. The van der Waals surface area contributed by atoms with Gasteiger partial charge >= 0.3 is 0 Å². The van der Waals surface area contributed by atoms with E-state index in [0.717, 1.165) is 24.4 Å². The van der Waals surface area contributed by atoms with Gasteiger partial charge in [-0.05, 0) is 81.8 Å². The zero-order valence-corrected chi connectivity index (χ0v) is 25.7. The second-order valence-electron chi connectivity index (χ2n) is 9.29. The number of hydrogen-bond donors (Lipinski definition) is 1. The molecule has 0 unspecified atom stereocenters. The third-order valence-corrected chi connectivity index (χ3v) is 8.71. The third kappa shape index (κ3) is 7.68. The number of hydrogen-bond acceptors (Lipinski definition) is 4. The van der Waals surface area contributed by atoms with Gasteiger partial charge in [-0.25, -0.2) is 8.42 Å². The van der Waals surface area contributed by atoms with Crippen molar-refractivity contribution in [1.29, 1.82) is 0 Å². The predicted octanol–water partition coefficient (Wildman–Crippen LogP) is 5.66. The lowest BCUT2D eigenvalue weighted by Gasteiger charge is -2.32. The van der Waals surface area contributed by atoms with E-state index < -0.39 is 28.5 Å². The molecule has 0 radical (unpaired) electrons. The first-order valence-corrected chi connectivity index (χ1v) is 15.1. The van der Waals surface area contributed by atoms with Crippen molar-refractivity contribution in [1.82, 2.24) is 10.2 Å². The van der Waals surface area contributed by atoms with Crippen LogP contribution >= 0.6 is 31.9 Å². The SMILES string of the molecule is Cc1ccc(S(=O)(=O)N(CC(=O)N(Cc2ccc(Br)cc2)[C@H](C)C(=O)NC(C)C)c2ccc(Br)cc2)cc1. The summed E-state index contributed by atoms with van der Waals surface area (Å²) in [5, 5.41) is 2.85. The summed E-state index contributed by atoms with van der Waals surface area (Å²) < 4.78 is 30.3. The lowest BCUT2D eigenvalue weighted by Crippen LogP contribution is -2.52. The molecule has 202 valence electrons. The maximum Gasteiger partial charge on any atom is 0.264 e. The largest absolute Gasteiger partial charge is 0.352 e. The number of carbonyl (C=O) groups is 2. The number of aryl methyl sites for hydroxylation is 1. The Morgan fingerprint density at radius 1 is 0.842 bits per heavy atom. The third-order valence-electron chi connectivity index (χ3n) is 5.87. The number of carbonyl (C=O) groups excluding carboxylic acids is 2. The van der Waals surface area contributed by atoms with Crippen LogP contribution < -0.4 is 9.62 Å². The van der Waals surface area contributed by atoms with Crippen molar-refractivity contribution in [3.8, 4) is 0 Å². The van der Waals surface area contributed by atoms with Crippen molar-refractivity contribution in [3.05, 3.63) is 92.9 Å². The zero-order valence-electron chi connectivity index (χ0n) is 21.7. The van der Waals surface area contributed by atoms with Gasteiger partial charge in [0.15, 0.2) is 0 Å². The van der Waals surface area contributed by atoms with Gasteiger partial charge in [-0.3, -0.25) is 13.9 Å². The Morgan fingerprint density at radius 3 is 1.89 bits per heavy atom. The smallest absolute Gasteiger partial charge is 0.264 e. The van der Waals surface area contributed by atoms with Crippen LogP contribution in [0, 0.1) is 6.92 Å². The number of amides is 2. The highest BCUT2D eigenvalue weighted by Crippen LogP contribution is 2.26. The molecule has 1 atom stereocenters. The normalized spacial score (nSPS) is 12.2. The van der Waals surface area contributed by atoms with Crippen LogP contribution in [0.15, 0.2) is 86.6 Å². The van der Waals surface area contributed by atoms with Crippen molar-refractivity contribution in [2.24, 2.45) is 0 Å². The van der Waals surface area contributed by atoms with Crippen molar-refractivity contribution in [3.63, 3.8) is 0 Å². The van der Waals surface area contributed by atoms with Gasteiger partial charge in [-0.1, -0.05) is 61.7 Å². The molecular weight excluding hydrogens is 634 g/mol. The van der Waals surface area contributed by atoms with Crippen molar-refractivity contribution >= 4 is 59.4 Å². The fourth-order valence-electron chi connectivity index (χ4n) is 3.75. The van der Waals surface area contributed by atoms with E-state index in [1.54, 1.807) is 43.3 Å². The number of sulfonamides is 1. The van der Waals surface area contributed by atoms with E-state index in [0.29, 0.717) is 5.69 Å². The molecule has 0 saturated carbocycles. The zero-order chi connectivity index (χ0) is 28.0. The number of nitrogens with one attached hydrogen (secondary N) is 1. The quantitative estimate of drug-likeness (QED) is 0.303. The van der Waals surface area contributed by atoms with Crippen LogP contribution in [0.4, 0.5) is 5.69 Å². The summed E-state index contributed by atoms with van der Waals surface area (Å²) in [7, 11) is -4.09. The molecule has 7 nitrogen and oxygen atoms in total. The maximum atomic E-state index is 13.9. The Labute approximate surface area is 241 Å². The number of rotatable bonds is 10. The standard InChI is InChI=1S/C28H31Br2N3O4S/c1-19(2)31-28(35)21(4)32(17-22-7-9-23(29)10-8-22)27(34)18-33(25-13-11-24(30)12-14-25)38(36,37)26-15-5-20(3)6-16-26/h5-16,19,21H,17-18H2,1-4H3,(H,31,35)/t21-/m1/s1. The fourth-order valence-corrected chi connectivity index (χ4v) is 5.69. The van der Waals surface area contributed by atoms with Crippen LogP contribution in [0.5, 0.6) is 0 Å². The summed E-state index contributed by atoms with van der Waals surface area (Å²) >= 11 is 6.79. The minimum absolute atomic E-state index is 0.0730. The lowest BCUT2D eigenvalue weighted by atomic mass is 10.1.